The van der Waals surface area contributed by atoms with Crippen LogP contribution >= 0.6 is 0 Å². The van der Waals surface area contributed by atoms with Crippen molar-refractivity contribution >= 4 is 12.0 Å². The van der Waals surface area contributed by atoms with Crippen LogP contribution in [-0.2, 0) is 9.53 Å². The molecule has 2 heteroatoms. The second kappa shape index (κ2) is 5.14. The standard InChI is InChI=1S/C11H12O2/c1-2-13-11(12)9-8-10-6-4-3-5-7-10/h3-9H,2H2,1H3/i3D,4D,5D,6D,7D. The zero-order valence-electron chi connectivity index (χ0n) is 12.2. The first-order valence-corrected chi connectivity index (χ1v) is 3.81. The van der Waals surface area contributed by atoms with E-state index in [0.29, 0.717) is 0 Å². The first-order valence-electron chi connectivity index (χ1n) is 6.31. The van der Waals surface area contributed by atoms with E-state index >= 15 is 0 Å². The third-order valence-corrected chi connectivity index (χ3v) is 1.19. The Hall–Kier alpha value is -1.57. The van der Waals surface area contributed by atoms with Crippen LogP contribution in [0.25, 0.3) is 6.08 Å². The molecule has 0 aliphatic rings. The molecule has 13 heavy (non-hydrogen) atoms. The lowest BCUT2D eigenvalue weighted by Crippen LogP contribution is -1.98. The summed E-state index contributed by atoms with van der Waals surface area (Å²) < 4.78 is 42.2. The number of esters is 1. The minimum absolute atomic E-state index is 0.0333. The molecule has 0 saturated carbocycles. The maximum Gasteiger partial charge on any atom is 0.330 e. The summed E-state index contributed by atoms with van der Waals surface area (Å²) in [7, 11) is 0. The number of carbonyl (C=O) groups is 1. The molecule has 0 saturated heterocycles. The van der Waals surface area contributed by atoms with Gasteiger partial charge in [-0.05, 0) is 18.6 Å². The van der Waals surface area contributed by atoms with E-state index in [0.717, 1.165) is 12.2 Å². The van der Waals surface area contributed by atoms with E-state index in [9.17, 15) is 4.79 Å². The molecule has 0 atom stereocenters. The molecule has 2 nitrogen and oxygen atoms in total. The van der Waals surface area contributed by atoms with E-state index in [2.05, 4.69) is 4.74 Å². The van der Waals surface area contributed by atoms with Crippen LogP contribution in [0, 0.1) is 0 Å². The van der Waals surface area contributed by atoms with Gasteiger partial charge in [0, 0.05) is 6.08 Å². The van der Waals surface area contributed by atoms with Crippen LogP contribution in [0.2, 0.25) is 0 Å². The van der Waals surface area contributed by atoms with E-state index < -0.39 is 24.1 Å². The predicted octanol–water partition coefficient (Wildman–Crippen LogP) is 2.26. The molecule has 0 fully saturated rings. The van der Waals surface area contributed by atoms with Crippen molar-refractivity contribution in [3.05, 3.63) is 41.9 Å². The second-order valence-corrected chi connectivity index (χ2v) is 2.12. The lowest BCUT2D eigenvalue weighted by molar-refractivity contribution is -0.137. The Labute approximate surface area is 84.9 Å². The Balaban J connectivity index is 3.22. The fourth-order valence-corrected chi connectivity index (χ4v) is 0.685. The molecule has 0 amide bonds. The molecule has 1 aromatic rings. The maximum absolute atomic E-state index is 11.1. The Kier molecular flexibility index (Phi) is 1.82. The summed E-state index contributed by atoms with van der Waals surface area (Å²) in [4.78, 5) is 11.1. The average Bonchev–Trinajstić information content (AvgIpc) is 2.34. The summed E-state index contributed by atoms with van der Waals surface area (Å²) in [6, 6.07) is -2.01. The van der Waals surface area contributed by atoms with E-state index in [1.54, 1.807) is 6.92 Å². The molecule has 1 rings (SSSR count). The van der Waals surface area contributed by atoms with Gasteiger partial charge in [-0.3, -0.25) is 0 Å². The van der Waals surface area contributed by atoms with Gasteiger partial charge < -0.3 is 4.74 Å². The van der Waals surface area contributed by atoms with Gasteiger partial charge >= 0.3 is 5.97 Å². The molecule has 0 unspecified atom stereocenters. The van der Waals surface area contributed by atoms with Crippen LogP contribution < -0.4 is 0 Å². The van der Waals surface area contributed by atoms with E-state index in [1.807, 2.05) is 0 Å². The molecule has 1 aromatic carbocycles. The molecule has 0 bridgehead atoms. The summed E-state index contributed by atoms with van der Waals surface area (Å²) in [6.07, 6.45) is 2.20. The van der Waals surface area contributed by atoms with Crippen molar-refractivity contribution in [2.75, 3.05) is 6.61 Å². The number of ether oxygens (including phenoxy) is 1. The number of carbonyl (C=O) groups excluding carboxylic acids is 1. The van der Waals surface area contributed by atoms with E-state index in [-0.39, 0.29) is 24.3 Å². The Morgan fingerprint density at radius 2 is 2.23 bits per heavy atom. The van der Waals surface area contributed by atoms with Crippen molar-refractivity contribution in [2.24, 2.45) is 0 Å². The van der Waals surface area contributed by atoms with Gasteiger partial charge in [0.1, 0.15) is 0 Å². The minimum Gasteiger partial charge on any atom is -0.463 e. The molecule has 0 N–H and O–H groups in total. The smallest absolute Gasteiger partial charge is 0.330 e. The molecule has 68 valence electrons. The third-order valence-electron chi connectivity index (χ3n) is 1.19. The fraction of sp³-hybridized carbons (Fsp3) is 0.182. The van der Waals surface area contributed by atoms with Gasteiger partial charge in [-0.25, -0.2) is 4.79 Å². The van der Waals surface area contributed by atoms with Gasteiger partial charge in [-0.2, -0.15) is 0 Å². The number of benzene rings is 1. The highest BCUT2D eigenvalue weighted by atomic mass is 16.5. The Bertz CT molecular complexity index is 482. The highest BCUT2D eigenvalue weighted by molar-refractivity contribution is 5.86. The lowest BCUT2D eigenvalue weighted by atomic mass is 10.2. The molecular weight excluding hydrogens is 164 g/mol. The number of hydrogen-bond donors (Lipinski definition) is 0. The molecule has 0 heterocycles. The normalized spacial score (nSPS) is 15.6. The monoisotopic (exact) mass is 181 g/mol. The van der Waals surface area contributed by atoms with Crippen LogP contribution in [0.15, 0.2) is 36.3 Å². The van der Waals surface area contributed by atoms with Crippen LogP contribution in [0.3, 0.4) is 0 Å². The number of hydrogen-bond acceptors (Lipinski definition) is 2. The van der Waals surface area contributed by atoms with Crippen LogP contribution in [0.4, 0.5) is 0 Å². The zero-order chi connectivity index (χ0) is 13.9. The van der Waals surface area contributed by atoms with Gasteiger partial charge in [-0.15, -0.1) is 0 Å². The second-order valence-electron chi connectivity index (χ2n) is 2.12. The Morgan fingerprint density at radius 1 is 1.54 bits per heavy atom. The molecule has 0 aromatic heterocycles. The van der Waals surface area contributed by atoms with Crippen LogP contribution in [0.1, 0.15) is 19.3 Å². The van der Waals surface area contributed by atoms with Crippen molar-refractivity contribution in [1.82, 2.24) is 0 Å². The number of rotatable bonds is 3. The summed E-state index contributed by atoms with van der Waals surface area (Å²) in [5, 5.41) is 0. The van der Waals surface area contributed by atoms with Crippen LogP contribution in [-0.4, -0.2) is 12.6 Å². The van der Waals surface area contributed by atoms with Crippen molar-refractivity contribution in [3.63, 3.8) is 0 Å². The van der Waals surface area contributed by atoms with E-state index in [4.69, 9.17) is 6.85 Å². The summed E-state index contributed by atoms with van der Waals surface area (Å²) in [5.41, 5.74) is -0.0333. The summed E-state index contributed by atoms with van der Waals surface area (Å²) >= 11 is 0. The maximum atomic E-state index is 11.1. The molecular formula is C11H12O2. The van der Waals surface area contributed by atoms with E-state index in [1.165, 1.54) is 0 Å². The molecule has 0 aliphatic carbocycles. The highest BCUT2D eigenvalue weighted by Gasteiger charge is 1.92. The van der Waals surface area contributed by atoms with Crippen LogP contribution in [0.5, 0.6) is 0 Å². The van der Waals surface area contributed by atoms with Gasteiger partial charge in [-0.1, -0.05) is 30.2 Å². The quantitative estimate of drug-likeness (QED) is 0.528. The van der Waals surface area contributed by atoms with Crippen molar-refractivity contribution in [1.29, 1.82) is 0 Å². The SMILES string of the molecule is [2H]c1c([2H])c([2H])c(C=CC(=O)OCC)c([2H])c1[2H]. The lowest BCUT2D eigenvalue weighted by Gasteiger charge is -1.94. The van der Waals surface area contributed by atoms with Gasteiger partial charge in [0.05, 0.1) is 13.5 Å². The first kappa shape index (κ1) is 4.61. The zero-order valence-corrected chi connectivity index (χ0v) is 7.18. The fourth-order valence-electron chi connectivity index (χ4n) is 0.685. The summed E-state index contributed by atoms with van der Waals surface area (Å²) in [5.74, 6) is -0.621. The van der Waals surface area contributed by atoms with Gasteiger partial charge in [0.2, 0.25) is 0 Å². The minimum atomic E-state index is -0.621. The third kappa shape index (κ3) is 3.56. The molecule has 0 spiro atoms. The first-order chi connectivity index (χ1) is 8.40. The highest BCUT2D eigenvalue weighted by Crippen LogP contribution is 2.00. The van der Waals surface area contributed by atoms with Crippen molar-refractivity contribution in [2.45, 2.75) is 6.92 Å². The van der Waals surface area contributed by atoms with Gasteiger partial charge in [0.15, 0.2) is 0 Å². The Morgan fingerprint density at radius 3 is 2.85 bits per heavy atom. The van der Waals surface area contributed by atoms with Crippen molar-refractivity contribution < 1.29 is 16.4 Å². The topological polar surface area (TPSA) is 26.3 Å². The summed E-state index contributed by atoms with van der Waals surface area (Å²) in [6.45, 7) is 1.86. The average molecular weight is 181 g/mol. The molecule has 0 radical (unpaired) electrons. The molecule has 0 aliphatic heterocycles. The van der Waals surface area contributed by atoms with Crippen molar-refractivity contribution in [3.8, 4) is 0 Å². The van der Waals surface area contributed by atoms with Gasteiger partial charge in [0.25, 0.3) is 0 Å². The predicted molar refractivity (Wildman–Crippen MR) is 52.1 cm³/mol. The largest absolute Gasteiger partial charge is 0.463 e.